The van der Waals surface area contributed by atoms with Crippen LogP contribution in [0.1, 0.15) is 34.1 Å². The van der Waals surface area contributed by atoms with Crippen LogP contribution in [-0.2, 0) is 17.8 Å². The molecule has 8 heteroatoms. The normalized spacial score (nSPS) is 11.8. The molecule has 1 unspecified atom stereocenters. The summed E-state index contributed by atoms with van der Waals surface area (Å²) < 4.78 is 1.61. The fraction of sp³-hybridized carbons (Fsp3) is 0.167. The van der Waals surface area contributed by atoms with Crippen molar-refractivity contribution in [1.29, 1.82) is 0 Å². The molecular weight excluding hydrogens is 406 g/mol. The third kappa shape index (κ3) is 5.16. The molecule has 0 bridgehead atoms. The summed E-state index contributed by atoms with van der Waals surface area (Å²) in [6, 6.07) is 22.8. The van der Waals surface area contributed by atoms with Crippen LogP contribution in [0.5, 0.6) is 0 Å². The van der Waals surface area contributed by atoms with E-state index in [0.717, 1.165) is 16.3 Å². The molecule has 0 aliphatic carbocycles. The molecule has 1 aromatic heterocycles. The lowest BCUT2D eigenvalue weighted by atomic mass is 10.00. The van der Waals surface area contributed by atoms with Gasteiger partial charge in [0.1, 0.15) is 5.69 Å². The van der Waals surface area contributed by atoms with Gasteiger partial charge in [0.05, 0.1) is 25.2 Å². The SMILES string of the molecule is O=C(CC(Cc1ccc2ccccc2c1)n1cc(CNC(=O)c2ccccc2)nn1)NO. The zero-order valence-corrected chi connectivity index (χ0v) is 17.3. The van der Waals surface area contributed by atoms with Crippen LogP contribution < -0.4 is 10.8 Å². The Morgan fingerprint density at radius 3 is 2.50 bits per heavy atom. The summed E-state index contributed by atoms with van der Waals surface area (Å²) in [5.41, 5.74) is 3.86. The average molecular weight is 429 g/mol. The molecule has 4 rings (SSSR count). The number of carbonyl (C=O) groups is 2. The Morgan fingerprint density at radius 2 is 1.72 bits per heavy atom. The van der Waals surface area contributed by atoms with E-state index in [4.69, 9.17) is 5.21 Å². The molecule has 0 radical (unpaired) electrons. The van der Waals surface area contributed by atoms with Gasteiger partial charge in [-0.2, -0.15) is 0 Å². The predicted octanol–water partition coefficient (Wildman–Crippen LogP) is 3.04. The summed E-state index contributed by atoms with van der Waals surface area (Å²) >= 11 is 0. The van der Waals surface area contributed by atoms with E-state index in [1.165, 1.54) is 0 Å². The van der Waals surface area contributed by atoms with Crippen LogP contribution in [0.2, 0.25) is 0 Å². The van der Waals surface area contributed by atoms with Gasteiger partial charge >= 0.3 is 0 Å². The van der Waals surface area contributed by atoms with E-state index in [0.29, 0.717) is 17.7 Å². The van der Waals surface area contributed by atoms with E-state index in [9.17, 15) is 9.59 Å². The lowest BCUT2D eigenvalue weighted by molar-refractivity contribution is -0.130. The highest BCUT2D eigenvalue weighted by Gasteiger charge is 2.19. The Morgan fingerprint density at radius 1 is 0.969 bits per heavy atom. The van der Waals surface area contributed by atoms with Crippen molar-refractivity contribution in [3.63, 3.8) is 0 Å². The van der Waals surface area contributed by atoms with E-state index < -0.39 is 5.91 Å². The number of hydrogen-bond donors (Lipinski definition) is 3. The topological polar surface area (TPSA) is 109 Å². The van der Waals surface area contributed by atoms with Crippen molar-refractivity contribution in [2.24, 2.45) is 0 Å². The van der Waals surface area contributed by atoms with Gasteiger partial charge in [0.15, 0.2) is 0 Å². The highest BCUT2D eigenvalue weighted by Crippen LogP contribution is 2.22. The number of hydrogen-bond acceptors (Lipinski definition) is 5. The number of rotatable bonds is 8. The van der Waals surface area contributed by atoms with Gasteiger partial charge in [-0.05, 0) is 34.9 Å². The maximum absolute atomic E-state index is 12.2. The zero-order valence-electron chi connectivity index (χ0n) is 17.3. The molecule has 0 fully saturated rings. The van der Waals surface area contributed by atoms with E-state index >= 15 is 0 Å². The zero-order chi connectivity index (χ0) is 22.3. The first kappa shape index (κ1) is 21.2. The second kappa shape index (κ2) is 9.84. The minimum Gasteiger partial charge on any atom is -0.346 e. The highest BCUT2D eigenvalue weighted by molar-refractivity contribution is 5.94. The van der Waals surface area contributed by atoms with Crippen LogP contribution in [0.4, 0.5) is 0 Å². The van der Waals surface area contributed by atoms with Crippen LogP contribution in [-0.4, -0.2) is 32.0 Å². The Balaban J connectivity index is 1.48. The summed E-state index contributed by atoms with van der Waals surface area (Å²) in [7, 11) is 0. The molecule has 3 aromatic carbocycles. The third-order valence-electron chi connectivity index (χ3n) is 5.23. The number of amides is 2. The quantitative estimate of drug-likeness (QED) is 0.295. The van der Waals surface area contributed by atoms with Gasteiger partial charge in [-0.1, -0.05) is 65.9 Å². The second-order valence-corrected chi connectivity index (χ2v) is 7.52. The minimum absolute atomic E-state index is 0.0303. The van der Waals surface area contributed by atoms with Gasteiger partial charge < -0.3 is 5.32 Å². The molecule has 2 amide bonds. The van der Waals surface area contributed by atoms with Gasteiger partial charge in [-0.3, -0.25) is 14.8 Å². The average Bonchev–Trinajstić information content (AvgIpc) is 3.31. The summed E-state index contributed by atoms with van der Waals surface area (Å²) in [6.45, 7) is 0.211. The number of nitrogens with one attached hydrogen (secondary N) is 2. The number of nitrogens with zero attached hydrogens (tertiary/aromatic N) is 3. The van der Waals surface area contributed by atoms with Gasteiger partial charge in [-0.25, -0.2) is 10.2 Å². The summed E-state index contributed by atoms with van der Waals surface area (Å²) in [6.07, 6.45) is 2.27. The Hall–Kier alpha value is -4.04. The van der Waals surface area contributed by atoms with Crippen molar-refractivity contribution in [3.8, 4) is 0 Å². The van der Waals surface area contributed by atoms with Crippen molar-refractivity contribution < 1.29 is 14.8 Å². The van der Waals surface area contributed by atoms with Crippen LogP contribution in [0, 0.1) is 0 Å². The first-order valence-corrected chi connectivity index (χ1v) is 10.3. The second-order valence-electron chi connectivity index (χ2n) is 7.52. The van der Waals surface area contributed by atoms with E-state index in [1.807, 2.05) is 42.5 Å². The van der Waals surface area contributed by atoms with Crippen LogP contribution in [0.3, 0.4) is 0 Å². The molecule has 32 heavy (non-hydrogen) atoms. The van der Waals surface area contributed by atoms with E-state index in [1.54, 1.807) is 40.6 Å². The van der Waals surface area contributed by atoms with Gasteiger partial charge in [0, 0.05) is 5.56 Å². The van der Waals surface area contributed by atoms with E-state index in [-0.39, 0.29) is 24.9 Å². The smallest absolute Gasteiger partial charge is 0.251 e. The summed E-state index contributed by atoms with van der Waals surface area (Å²) in [4.78, 5) is 24.1. The Kier molecular flexibility index (Phi) is 6.52. The largest absolute Gasteiger partial charge is 0.346 e. The van der Waals surface area contributed by atoms with Crippen molar-refractivity contribution in [1.82, 2.24) is 25.8 Å². The Bertz CT molecular complexity index is 1220. The molecule has 0 saturated heterocycles. The van der Waals surface area contributed by atoms with Crippen LogP contribution in [0.25, 0.3) is 10.8 Å². The molecule has 0 aliphatic heterocycles. The number of benzene rings is 3. The van der Waals surface area contributed by atoms with Gasteiger partial charge in [0.2, 0.25) is 5.91 Å². The molecular formula is C24H23N5O3. The minimum atomic E-state index is -0.509. The summed E-state index contributed by atoms with van der Waals surface area (Å²) in [5.74, 6) is -0.710. The van der Waals surface area contributed by atoms with Gasteiger partial charge in [-0.15, -0.1) is 5.10 Å². The standard InChI is InChI=1S/C24H23N5O3/c30-23(27-32)14-22(13-17-10-11-18-6-4-5-9-20(18)12-17)29-16-21(26-28-29)15-25-24(31)19-7-2-1-3-8-19/h1-12,16,22,32H,13-15H2,(H,25,31)(H,27,30). The molecule has 162 valence electrons. The number of hydroxylamine groups is 1. The van der Waals surface area contributed by atoms with Crippen molar-refractivity contribution in [2.75, 3.05) is 0 Å². The lowest BCUT2D eigenvalue weighted by Crippen LogP contribution is -2.25. The number of carbonyl (C=O) groups excluding carboxylic acids is 2. The number of aromatic nitrogens is 3. The fourth-order valence-electron chi connectivity index (χ4n) is 3.59. The van der Waals surface area contributed by atoms with Crippen molar-refractivity contribution in [3.05, 3.63) is 95.8 Å². The first-order chi connectivity index (χ1) is 15.6. The van der Waals surface area contributed by atoms with Gasteiger partial charge in [0.25, 0.3) is 5.91 Å². The molecule has 3 N–H and O–H groups in total. The van der Waals surface area contributed by atoms with E-state index in [2.05, 4.69) is 21.7 Å². The molecule has 0 saturated carbocycles. The summed E-state index contributed by atoms with van der Waals surface area (Å²) in [5, 5.41) is 22.4. The maximum Gasteiger partial charge on any atom is 0.251 e. The first-order valence-electron chi connectivity index (χ1n) is 10.3. The molecule has 4 aromatic rings. The monoisotopic (exact) mass is 429 g/mol. The van der Waals surface area contributed by atoms with Crippen molar-refractivity contribution >= 4 is 22.6 Å². The predicted molar refractivity (Wildman–Crippen MR) is 119 cm³/mol. The molecule has 1 heterocycles. The Labute approximate surface area is 184 Å². The fourth-order valence-corrected chi connectivity index (χ4v) is 3.59. The molecule has 8 nitrogen and oxygen atoms in total. The van der Waals surface area contributed by atoms with Crippen molar-refractivity contribution in [2.45, 2.75) is 25.4 Å². The van der Waals surface area contributed by atoms with Crippen LogP contribution >= 0.6 is 0 Å². The maximum atomic E-state index is 12.2. The highest BCUT2D eigenvalue weighted by atomic mass is 16.5. The lowest BCUT2D eigenvalue weighted by Gasteiger charge is -2.16. The molecule has 0 spiro atoms. The number of fused-ring (bicyclic) bond motifs is 1. The van der Waals surface area contributed by atoms with Crippen LogP contribution in [0.15, 0.2) is 79.0 Å². The molecule has 1 atom stereocenters. The third-order valence-corrected chi connectivity index (χ3v) is 5.23. The molecule has 0 aliphatic rings.